The fourth-order valence-electron chi connectivity index (χ4n) is 1.80. The zero-order valence-corrected chi connectivity index (χ0v) is 10.5. The summed E-state index contributed by atoms with van der Waals surface area (Å²) >= 11 is 0. The Morgan fingerprint density at radius 3 is 2.80 bits per heavy atom. The molecule has 3 heteroatoms. The first-order valence-electron chi connectivity index (χ1n) is 5.93. The van der Waals surface area contributed by atoms with Gasteiger partial charge in [-0.2, -0.15) is 0 Å². The Kier molecular flexibility index (Phi) is 5.03. The monoisotopic (exact) mass is 215 g/mol. The van der Waals surface area contributed by atoms with E-state index in [4.69, 9.17) is 9.47 Å². The average Bonchev–Trinajstić information content (AvgIpc) is 2.68. The Labute approximate surface area is 93.5 Å². The van der Waals surface area contributed by atoms with Crippen LogP contribution in [0.5, 0.6) is 0 Å². The maximum atomic E-state index is 5.61. The van der Waals surface area contributed by atoms with Gasteiger partial charge in [0.05, 0.1) is 11.7 Å². The van der Waals surface area contributed by atoms with Gasteiger partial charge in [0.25, 0.3) is 0 Å². The molecule has 1 fully saturated rings. The minimum absolute atomic E-state index is 0.0786. The van der Waals surface area contributed by atoms with Crippen LogP contribution >= 0.6 is 0 Å². The number of ether oxygens (including phenoxy) is 2. The van der Waals surface area contributed by atoms with Crippen LogP contribution in [-0.2, 0) is 9.47 Å². The third kappa shape index (κ3) is 4.96. The van der Waals surface area contributed by atoms with Crippen molar-refractivity contribution in [2.24, 2.45) is 0 Å². The highest BCUT2D eigenvalue weighted by Gasteiger charge is 2.21. The molecule has 0 bridgehead atoms. The van der Waals surface area contributed by atoms with Gasteiger partial charge in [0.15, 0.2) is 0 Å². The molecular formula is C12H25NO2. The first-order valence-corrected chi connectivity index (χ1v) is 5.93. The van der Waals surface area contributed by atoms with Gasteiger partial charge >= 0.3 is 0 Å². The van der Waals surface area contributed by atoms with Crippen molar-refractivity contribution in [3.8, 4) is 0 Å². The number of nitrogens with one attached hydrogen (secondary N) is 1. The van der Waals surface area contributed by atoms with E-state index in [0.717, 1.165) is 19.6 Å². The van der Waals surface area contributed by atoms with Crippen LogP contribution in [0.4, 0.5) is 0 Å². The molecule has 0 spiro atoms. The van der Waals surface area contributed by atoms with Crippen molar-refractivity contribution >= 4 is 0 Å². The van der Waals surface area contributed by atoms with Gasteiger partial charge in [0.2, 0.25) is 0 Å². The van der Waals surface area contributed by atoms with E-state index >= 15 is 0 Å². The van der Waals surface area contributed by atoms with E-state index in [0.29, 0.717) is 12.1 Å². The fraction of sp³-hybridized carbons (Fsp3) is 1.00. The minimum Gasteiger partial charge on any atom is -0.378 e. The molecule has 0 aromatic heterocycles. The molecule has 1 saturated heterocycles. The van der Waals surface area contributed by atoms with Crippen LogP contribution in [0, 0.1) is 0 Å². The predicted molar refractivity (Wildman–Crippen MR) is 62.1 cm³/mol. The Morgan fingerprint density at radius 2 is 2.27 bits per heavy atom. The second-order valence-corrected chi connectivity index (χ2v) is 5.12. The number of hydrogen-bond donors (Lipinski definition) is 1. The van der Waals surface area contributed by atoms with Crippen LogP contribution < -0.4 is 5.32 Å². The normalized spacial score (nSPS) is 24.4. The smallest absolute Gasteiger partial charge is 0.0746 e. The molecule has 2 atom stereocenters. The maximum Gasteiger partial charge on any atom is 0.0746 e. The lowest BCUT2D eigenvalue weighted by molar-refractivity contribution is 0.0191. The predicted octanol–water partition coefficient (Wildman–Crippen LogP) is 1.96. The number of hydrogen-bond acceptors (Lipinski definition) is 3. The molecule has 1 heterocycles. The summed E-state index contributed by atoms with van der Waals surface area (Å²) in [7, 11) is 1.76. The molecule has 0 aromatic carbocycles. The van der Waals surface area contributed by atoms with E-state index < -0.39 is 0 Å². The lowest BCUT2D eigenvalue weighted by Gasteiger charge is -2.26. The van der Waals surface area contributed by atoms with E-state index in [1.807, 2.05) is 0 Å². The van der Waals surface area contributed by atoms with Crippen molar-refractivity contribution in [2.45, 2.75) is 57.8 Å². The SMILES string of the molecule is COC(C)(C)CNC(C)CC1CCCO1. The lowest BCUT2D eigenvalue weighted by atomic mass is 10.1. The molecule has 1 aliphatic heterocycles. The van der Waals surface area contributed by atoms with Crippen LogP contribution in [0.15, 0.2) is 0 Å². The highest BCUT2D eigenvalue weighted by Crippen LogP contribution is 2.17. The molecule has 15 heavy (non-hydrogen) atoms. The van der Waals surface area contributed by atoms with Crippen LogP contribution in [-0.4, -0.2) is 38.0 Å². The average molecular weight is 215 g/mol. The molecule has 0 aliphatic carbocycles. The van der Waals surface area contributed by atoms with Gasteiger partial charge in [0.1, 0.15) is 0 Å². The molecule has 3 nitrogen and oxygen atoms in total. The molecule has 1 aliphatic rings. The summed E-state index contributed by atoms with van der Waals surface area (Å²) in [5, 5.41) is 3.50. The Morgan fingerprint density at radius 1 is 1.53 bits per heavy atom. The summed E-state index contributed by atoms with van der Waals surface area (Å²) in [4.78, 5) is 0. The second kappa shape index (κ2) is 5.83. The lowest BCUT2D eigenvalue weighted by Crippen LogP contribution is -2.41. The Bertz CT molecular complexity index is 176. The van der Waals surface area contributed by atoms with Gasteiger partial charge in [-0.1, -0.05) is 0 Å². The van der Waals surface area contributed by atoms with E-state index in [-0.39, 0.29) is 5.60 Å². The summed E-state index contributed by atoms with van der Waals surface area (Å²) in [5.74, 6) is 0. The summed E-state index contributed by atoms with van der Waals surface area (Å²) in [6.07, 6.45) is 4.03. The number of methoxy groups -OCH3 is 1. The standard InChI is InChI=1S/C12H25NO2/c1-10(8-11-6-5-7-15-11)13-9-12(2,3)14-4/h10-11,13H,5-9H2,1-4H3. The van der Waals surface area contributed by atoms with Crippen molar-refractivity contribution in [3.05, 3.63) is 0 Å². The first kappa shape index (κ1) is 12.9. The maximum absolute atomic E-state index is 5.61. The van der Waals surface area contributed by atoms with Gasteiger partial charge in [0, 0.05) is 26.3 Å². The third-order valence-electron chi connectivity index (χ3n) is 3.07. The zero-order chi connectivity index (χ0) is 11.3. The zero-order valence-electron chi connectivity index (χ0n) is 10.5. The van der Waals surface area contributed by atoms with Crippen LogP contribution in [0.1, 0.15) is 40.0 Å². The van der Waals surface area contributed by atoms with Crippen LogP contribution in [0.25, 0.3) is 0 Å². The molecule has 2 unspecified atom stereocenters. The summed E-state index contributed by atoms with van der Waals surface area (Å²) < 4.78 is 11.0. The topological polar surface area (TPSA) is 30.5 Å². The first-order chi connectivity index (χ1) is 7.03. The molecular weight excluding hydrogens is 190 g/mol. The van der Waals surface area contributed by atoms with Crippen molar-refractivity contribution in [3.63, 3.8) is 0 Å². The molecule has 90 valence electrons. The van der Waals surface area contributed by atoms with Gasteiger partial charge in [-0.05, 0) is 40.0 Å². The van der Waals surface area contributed by atoms with E-state index in [1.54, 1.807) is 7.11 Å². The van der Waals surface area contributed by atoms with Crippen LogP contribution in [0.2, 0.25) is 0 Å². The third-order valence-corrected chi connectivity index (χ3v) is 3.07. The van der Waals surface area contributed by atoms with Crippen molar-refractivity contribution in [1.29, 1.82) is 0 Å². The molecule has 0 saturated carbocycles. The molecule has 0 amide bonds. The van der Waals surface area contributed by atoms with Gasteiger partial charge in [-0.3, -0.25) is 0 Å². The highest BCUT2D eigenvalue weighted by molar-refractivity contribution is 4.76. The molecule has 0 radical (unpaired) electrons. The highest BCUT2D eigenvalue weighted by atomic mass is 16.5. The molecule has 1 rings (SSSR count). The Balaban J connectivity index is 2.15. The molecule has 1 N–H and O–H groups in total. The van der Waals surface area contributed by atoms with Gasteiger partial charge < -0.3 is 14.8 Å². The largest absolute Gasteiger partial charge is 0.378 e. The summed E-state index contributed by atoms with van der Waals surface area (Å²) in [5.41, 5.74) is -0.0786. The van der Waals surface area contributed by atoms with Crippen molar-refractivity contribution in [2.75, 3.05) is 20.3 Å². The Hall–Kier alpha value is -0.120. The van der Waals surface area contributed by atoms with Gasteiger partial charge in [-0.15, -0.1) is 0 Å². The second-order valence-electron chi connectivity index (χ2n) is 5.12. The van der Waals surface area contributed by atoms with E-state index in [2.05, 4.69) is 26.1 Å². The summed E-state index contributed by atoms with van der Waals surface area (Å²) in [6, 6.07) is 0.502. The van der Waals surface area contributed by atoms with E-state index in [9.17, 15) is 0 Å². The van der Waals surface area contributed by atoms with Crippen LogP contribution in [0.3, 0.4) is 0 Å². The summed E-state index contributed by atoms with van der Waals surface area (Å²) in [6.45, 7) is 8.24. The minimum atomic E-state index is -0.0786. The quantitative estimate of drug-likeness (QED) is 0.734. The van der Waals surface area contributed by atoms with Crippen molar-refractivity contribution < 1.29 is 9.47 Å². The van der Waals surface area contributed by atoms with Crippen molar-refractivity contribution in [1.82, 2.24) is 5.32 Å². The fourth-order valence-corrected chi connectivity index (χ4v) is 1.80. The van der Waals surface area contributed by atoms with Gasteiger partial charge in [-0.25, -0.2) is 0 Å². The number of rotatable bonds is 6. The molecule has 0 aromatic rings. The van der Waals surface area contributed by atoms with E-state index in [1.165, 1.54) is 12.8 Å².